The van der Waals surface area contributed by atoms with Gasteiger partial charge in [0.1, 0.15) is 126 Å². The maximum atomic E-state index is 12.5. The van der Waals surface area contributed by atoms with Crippen LogP contribution in [0.25, 0.3) is 0 Å². The molecule has 38 atom stereocenters. The average Bonchev–Trinajstić information content (AvgIpc) is 1.45. The number of cyclic esters (lactones) is 3. The maximum Gasteiger partial charge on any atom is 0.306 e. The van der Waals surface area contributed by atoms with Gasteiger partial charge < -0.3 is 142 Å². The SMILES string of the molecule is CC12OC34CC5CC3C3OC(=O)CC6C(C=O)CCC(O1)(C4C5)C63O2.CC12OC3CC4OC(=O)CC5C(C=O)CCC(C3)(O1)C45O2.CC12OCCC3OC(=O)CC4C(C=O)CCC(O1)C34O2.COC1(C)OC2CCC(C=O)C3CC(=O)OCC23O1.COC1OC2CCC(C=O)C3CC(=O)OCC23O1.O=CC1CCC23CCOC(O2)OC32COC(=O)CC12. The lowest BCUT2D eigenvalue weighted by Gasteiger charge is -2.68. The van der Waals surface area contributed by atoms with Crippen molar-refractivity contribution in [2.24, 2.45) is 88.8 Å². The predicted molar refractivity (Wildman–Crippen MR) is 391 cm³/mol. The molecular weight excluding hydrogens is 1610 g/mol. The Morgan fingerprint density at radius 1 is 0.385 bits per heavy atom. The van der Waals surface area contributed by atoms with E-state index in [1.54, 1.807) is 20.8 Å². The van der Waals surface area contributed by atoms with Gasteiger partial charge in [0.25, 0.3) is 36.8 Å². The van der Waals surface area contributed by atoms with Gasteiger partial charge in [-0.2, -0.15) is 0 Å². The van der Waals surface area contributed by atoms with E-state index in [0.717, 1.165) is 128 Å². The van der Waals surface area contributed by atoms with Gasteiger partial charge in [-0.25, -0.2) is 0 Å². The first-order chi connectivity index (χ1) is 58.4. The van der Waals surface area contributed by atoms with Crippen molar-refractivity contribution >= 4 is 73.5 Å². The lowest BCUT2D eigenvalue weighted by molar-refractivity contribution is -0.423. The van der Waals surface area contributed by atoms with Crippen LogP contribution in [0.1, 0.15) is 188 Å². The number of aldehydes is 6. The van der Waals surface area contributed by atoms with Crippen molar-refractivity contribution in [3.05, 3.63) is 0 Å². The van der Waals surface area contributed by atoms with Gasteiger partial charge in [0.05, 0.1) is 81.8 Å². The van der Waals surface area contributed by atoms with Crippen molar-refractivity contribution in [2.45, 2.75) is 324 Å². The molecule has 16 aliphatic heterocycles. The number of hydrogen-bond acceptors (Lipinski definition) is 36. The van der Waals surface area contributed by atoms with E-state index in [2.05, 4.69) is 0 Å². The third-order valence-corrected chi connectivity index (χ3v) is 34.1. The van der Waals surface area contributed by atoms with Gasteiger partial charge in [-0.1, -0.05) is 0 Å². The second kappa shape index (κ2) is 28.8. The third-order valence-electron chi connectivity index (χ3n) is 34.1. The minimum Gasteiger partial charge on any atom is -0.462 e. The first kappa shape index (κ1) is 83.1. The topological polar surface area (TPSA) is 426 Å². The van der Waals surface area contributed by atoms with Gasteiger partial charge in [0, 0.05) is 150 Å². The van der Waals surface area contributed by atoms with Crippen LogP contribution in [0.5, 0.6) is 0 Å². The Bertz CT molecular complexity index is 4320. The molecule has 0 radical (unpaired) electrons. The summed E-state index contributed by atoms with van der Waals surface area (Å²) in [5.74, 6) is -6.85. The molecule has 122 heavy (non-hydrogen) atoms. The number of fused-ring (bicyclic) bond motifs is 7. The lowest BCUT2D eigenvalue weighted by Crippen LogP contribution is -2.81. The number of ether oxygens (including phenoxy) is 24. The van der Waals surface area contributed by atoms with Crippen molar-refractivity contribution in [1.29, 1.82) is 0 Å². The van der Waals surface area contributed by atoms with Crippen molar-refractivity contribution in [2.75, 3.05) is 47.3 Å². The van der Waals surface area contributed by atoms with E-state index in [1.807, 2.05) is 6.92 Å². The van der Waals surface area contributed by atoms with Gasteiger partial charge in [-0.05, 0) is 102 Å². The molecule has 0 aromatic heterocycles. The summed E-state index contributed by atoms with van der Waals surface area (Å²) in [7, 11) is 3.01. The van der Waals surface area contributed by atoms with Crippen molar-refractivity contribution in [1.82, 2.24) is 0 Å². The first-order valence-corrected chi connectivity index (χ1v) is 44.2. The lowest BCUT2D eigenvalue weighted by atomic mass is 9.44. The normalized spacial score (nSPS) is 55.8. The van der Waals surface area contributed by atoms with Gasteiger partial charge >= 0.3 is 35.8 Å². The number of hydrogen-bond donors (Lipinski definition) is 0. The summed E-state index contributed by atoms with van der Waals surface area (Å²) in [6.45, 7) is 7.14. The highest BCUT2D eigenvalue weighted by atomic mass is 17.0. The van der Waals surface area contributed by atoms with E-state index in [1.165, 1.54) is 14.2 Å². The standard InChI is InChI=1S/C19H22O6.C15H18O6.C14H18O6.C13H16O6.C13H18O6.C12H16O6/c1-16-23-17-7-9-4-12(17)15-19(25-16)11(6-14(21)22-15)10(8-20)2-3-18(19,24-16)13(17)5-9;1-13-19-9-4-11-15(21-13)10(5-12(17)18-11)8(7-16)2-3-14(15,6-9)20-13;1-13-17-5-4-10-14(20-13)9(6-12(16)18-10)8(7-15)2-3-11(14)19-13;14-6-8-1-2-12-3-4-16-11(18-12)19-13(12)7-17-10(15)5-9(8)13;1-12(16-2)18-10-4-3-8(6-14)9-5-11(15)17-7-13(9,10)19-12;1-15-11-17-9-3-2-7(5-13)8-4-10(14)16-6-12(8,9)18-11/h8-13,15H,2-7H2,1H3;7-11H,2-6H2,1H3;7-11H,2-6H2,1H3;6,8-9,11H,1-5,7H2;6,8-10H,3-5,7H2,1-2H3;5,7-9,11H,2-4,6H2,1H3. The Labute approximate surface area is 701 Å². The van der Waals surface area contributed by atoms with Crippen LogP contribution in [0, 0.1) is 88.8 Å². The summed E-state index contributed by atoms with van der Waals surface area (Å²) in [5, 5.41) is 0. The molecule has 16 saturated heterocycles. The Balaban J connectivity index is 0.0000000905. The highest BCUT2D eigenvalue weighted by molar-refractivity contribution is 5.77. The Hall–Kier alpha value is -5.88. The monoisotopic (exact) mass is 1720 g/mol. The summed E-state index contributed by atoms with van der Waals surface area (Å²) < 4.78 is 140. The molecule has 26 rings (SSSR count). The Morgan fingerprint density at radius 2 is 0.967 bits per heavy atom. The Morgan fingerprint density at radius 3 is 1.66 bits per heavy atom. The van der Waals surface area contributed by atoms with E-state index >= 15 is 0 Å². The molecule has 26 aliphatic rings. The molecule has 10 spiro atoms. The quantitative estimate of drug-likeness (QED) is 0.183. The predicted octanol–water partition coefficient (Wildman–Crippen LogP) is 4.51. The van der Waals surface area contributed by atoms with Crippen LogP contribution in [0.15, 0.2) is 0 Å². The van der Waals surface area contributed by atoms with E-state index in [-0.39, 0.29) is 219 Å². The molecule has 0 amide bonds. The zero-order chi connectivity index (χ0) is 84.7. The van der Waals surface area contributed by atoms with Crippen LogP contribution in [0.2, 0.25) is 0 Å². The fourth-order valence-corrected chi connectivity index (χ4v) is 29.7. The van der Waals surface area contributed by atoms with Crippen LogP contribution in [-0.2, 0) is 171 Å². The fourth-order valence-electron chi connectivity index (χ4n) is 29.7. The number of rotatable bonds is 8. The number of methoxy groups -OCH3 is 2. The van der Waals surface area contributed by atoms with Crippen LogP contribution in [-0.4, -0.2) is 256 Å². The molecule has 16 heterocycles. The molecule has 0 aromatic rings. The third kappa shape index (κ3) is 11.6. The Kier molecular flexibility index (Phi) is 19.6. The molecular formula is C86H108O36. The number of carbonyl (C=O) groups excluding carboxylic acids is 12. The van der Waals surface area contributed by atoms with Crippen LogP contribution in [0.3, 0.4) is 0 Å². The van der Waals surface area contributed by atoms with Crippen molar-refractivity contribution in [3.8, 4) is 0 Å². The van der Waals surface area contributed by atoms with Crippen molar-refractivity contribution in [3.63, 3.8) is 0 Å². The van der Waals surface area contributed by atoms with Gasteiger partial charge in [-0.15, -0.1) is 0 Å². The number of carbonyl (C=O) groups is 12. The van der Waals surface area contributed by atoms with Gasteiger partial charge in [-0.3, -0.25) is 28.8 Å². The summed E-state index contributed by atoms with van der Waals surface area (Å²) in [5.41, 5.74) is -5.99. The summed E-state index contributed by atoms with van der Waals surface area (Å²) in [6.07, 6.45) is 20.1. The molecule has 10 aliphatic carbocycles. The largest absolute Gasteiger partial charge is 0.462 e. The average molecular weight is 1720 g/mol. The highest BCUT2D eigenvalue weighted by Crippen LogP contribution is 2.80. The minimum absolute atomic E-state index is 0.0105. The summed E-state index contributed by atoms with van der Waals surface area (Å²) >= 11 is 0. The van der Waals surface area contributed by atoms with Crippen LogP contribution >= 0.6 is 0 Å². The van der Waals surface area contributed by atoms with Gasteiger partial charge in [0.15, 0.2) is 0 Å². The molecule has 36 nitrogen and oxygen atoms in total. The zero-order valence-corrected chi connectivity index (χ0v) is 69.2. The smallest absolute Gasteiger partial charge is 0.306 e. The molecule has 38 unspecified atom stereocenters. The van der Waals surface area contributed by atoms with Crippen LogP contribution < -0.4 is 0 Å². The van der Waals surface area contributed by atoms with Gasteiger partial charge in [0.2, 0.25) is 0 Å². The van der Waals surface area contributed by atoms with Crippen molar-refractivity contribution < 1.29 is 171 Å². The summed E-state index contributed by atoms with van der Waals surface area (Å²) in [6, 6.07) is 0. The number of esters is 6. The zero-order valence-electron chi connectivity index (χ0n) is 69.2. The molecule has 0 N–H and O–H groups in total. The first-order valence-electron chi connectivity index (χ1n) is 44.2. The highest BCUT2D eigenvalue weighted by Gasteiger charge is 2.92. The molecule has 668 valence electrons. The molecule has 26 fully saturated rings. The maximum absolute atomic E-state index is 12.5. The van der Waals surface area contributed by atoms with Crippen LogP contribution in [0.4, 0.5) is 0 Å². The van der Waals surface area contributed by atoms with E-state index < -0.39 is 87.3 Å². The molecule has 11 bridgehead atoms. The molecule has 36 heteroatoms. The summed E-state index contributed by atoms with van der Waals surface area (Å²) in [4.78, 5) is 139. The van der Waals surface area contributed by atoms with E-state index in [0.29, 0.717) is 57.2 Å². The molecule has 0 aromatic carbocycles. The molecule has 10 saturated carbocycles. The van der Waals surface area contributed by atoms with E-state index in [9.17, 15) is 57.5 Å². The second-order valence-electron chi connectivity index (χ2n) is 39.4. The van der Waals surface area contributed by atoms with E-state index in [4.69, 9.17) is 114 Å². The minimum atomic E-state index is -1.13. The second-order valence-corrected chi connectivity index (χ2v) is 39.4. The fraction of sp³-hybridized carbons (Fsp3) is 0.860.